The molecule has 0 aliphatic heterocycles. The Labute approximate surface area is 114 Å². The van der Waals surface area contributed by atoms with Crippen molar-refractivity contribution in [1.29, 1.82) is 0 Å². The van der Waals surface area contributed by atoms with E-state index in [0.717, 1.165) is 23.1 Å². The van der Waals surface area contributed by atoms with E-state index in [0.29, 0.717) is 5.02 Å². The largest absolute Gasteiger partial charge is 0.380 e. The van der Waals surface area contributed by atoms with Crippen LogP contribution in [0.3, 0.4) is 0 Å². The van der Waals surface area contributed by atoms with Crippen LogP contribution in [0.25, 0.3) is 10.9 Å². The lowest BCUT2D eigenvalue weighted by Gasteiger charge is -2.08. The van der Waals surface area contributed by atoms with Crippen LogP contribution in [0.1, 0.15) is 5.56 Å². The first-order chi connectivity index (χ1) is 8.83. The van der Waals surface area contributed by atoms with Crippen molar-refractivity contribution in [3.05, 3.63) is 57.9 Å². The van der Waals surface area contributed by atoms with Crippen LogP contribution < -0.4 is 5.32 Å². The minimum atomic E-state index is 0.713. The number of rotatable bonds is 3. The molecule has 90 valence electrons. The predicted molar refractivity (Wildman–Crippen MR) is 78.4 cm³/mol. The van der Waals surface area contributed by atoms with E-state index < -0.39 is 0 Å². The van der Waals surface area contributed by atoms with Crippen molar-refractivity contribution in [3.8, 4) is 0 Å². The van der Waals surface area contributed by atoms with Crippen molar-refractivity contribution in [3.63, 3.8) is 0 Å². The highest BCUT2D eigenvalue weighted by Gasteiger charge is 2.02. The van der Waals surface area contributed by atoms with Gasteiger partial charge >= 0.3 is 0 Å². The van der Waals surface area contributed by atoms with Gasteiger partial charge in [0.1, 0.15) is 0 Å². The van der Waals surface area contributed by atoms with Crippen LogP contribution in [0.4, 0.5) is 5.69 Å². The molecule has 2 heterocycles. The van der Waals surface area contributed by atoms with Crippen LogP contribution in [0.5, 0.6) is 0 Å². The number of hydrogen-bond donors (Lipinski definition) is 1. The summed E-state index contributed by atoms with van der Waals surface area (Å²) in [6, 6.07) is 9.88. The second kappa shape index (κ2) is 4.96. The molecule has 1 aromatic carbocycles. The zero-order chi connectivity index (χ0) is 12.4. The van der Waals surface area contributed by atoms with Gasteiger partial charge in [0.2, 0.25) is 0 Å². The zero-order valence-electron chi connectivity index (χ0n) is 9.56. The van der Waals surface area contributed by atoms with Gasteiger partial charge in [-0.1, -0.05) is 11.6 Å². The number of aromatic nitrogens is 1. The van der Waals surface area contributed by atoms with Crippen LogP contribution in [0.2, 0.25) is 5.02 Å². The first kappa shape index (κ1) is 11.5. The van der Waals surface area contributed by atoms with Crippen molar-refractivity contribution < 1.29 is 0 Å². The third kappa shape index (κ3) is 2.33. The molecular weight excluding hydrogens is 264 g/mol. The average Bonchev–Trinajstić information content (AvgIpc) is 2.89. The summed E-state index contributed by atoms with van der Waals surface area (Å²) in [5.41, 5.74) is 3.29. The molecule has 0 aliphatic rings. The molecule has 4 heteroatoms. The first-order valence-electron chi connectivity index (χ1n) is 5.62. The molecular formula is C14H11ClN2S. The number of halogens is 1. The molecule has 0 aliphatic carbocycles. The van der Waals surface area contributed by atoms with Gasteiger partial charge in [-0.2, -0.15) is 11.3 Å². The van der Waals surface area contributed by atoms with Crippen LogP contribution in [-0.2, 0) is 6.54 Å². The van der Waals surface area contributed by atoms with E-state index in [4.69, 9.17) is 11.6 Å². The minimum Gasteiger partial charge on any atom is -0.380 e. The molecule has 0 saturated heterocycles. The van der Waals surface area contributed by atoms with Gasteiger partial charge in [-0.15, -0.1) is 0 Å². The highest BCUT2D eigenvalue weighted by molar-refractivity contribution is 7.07. The molecule has 1 N–H and O–H groups in total. The van der Waals surface area contributed by atoms with Gasteiger partial charge in [-0.3, -0.25) is 4.98 Å². The Morgan fingerprint density at radius 3 is 3.00 bits per heavy atom. The highest BCUT2D eigenvalue weighted by Crippen LogP contribution is 2.24. The number of anilines is 1. The Morgan fingerprint density at radius 2 is 2.17 bits per heavy atom. The summed E-state index contributed by atoms with van der Waals surface area (Å²) in [4.78, 5) is 4.33. The van der Waals surface area contributed by atoms with E-state index in [1.54, 1.807) is 17.5 Å². The van der Waals surface area contributed by atoms with E-state index in [9.17, 15) is 0 Å². The van der Waals surface area contributed by atoms with E-state index in [-0.39, 0.29) is 0 Å². The van der Waals surface area contributed by atoms with Gasteiger partial charge in [-0.25, -0.2) is 0 Å². The van der Waals surface area contributed by atoms with E-state index >= 15 is 0 Å². The molecule has 0 amide bonds. The van der Waals surface area contributed by atoms with Crippen molar-refractivity contribution in [2.75, 3.05) is 5.32 Å². The van der Waals surface area contributed by atoms with Gasteiger partial charge < -0.3 is 5.32 Å². The number of nitrogens with zero attached hydrogens (tertiary/aromatic N) is 1. The molecule has 0 saturated carbocycles. The third-order valence-corrected chi connectivity index (χ3v) is 3.73. The molecule has 0 atom stereocenters. The topological polar surface area (TPSA) is 24.9 Å². The molecule has 18 heavy (non-hydrogen) atoms. The zero-order valence-corrected chi connectivity index (χ0v) is 11.1. The van der Waals surface area contributed by atoms with Gasteiger partial charge in [-0.05, 0) is 46.7 Å². The average molecular weight is 275 g/mol. The third-order valence-electron chi connectivity index (χ3n) is 2.77. The summed E-state index contributed by atoms with van der Waals surface area (Å²) in [7, 11) is 0. The van der Waals surface area contributed by atoms with Crippen LogP contribution in [-0.4, -0.2) is 4.98 Å². The van der Waals surface area contributed by atoms with E-state index in [2.05, 4.69) is 27.1 Å². The maximum Gasteiger partial charge on any atom is 0.0737 e. The van der Waals surface area contributed by atoms with Gasteiger partial charge in [0, 0.05) is 28.8 Å². The summed E-state index contributed by atoms with van der Waals surface area (Å²) in [5.74, 6) is 0. The minimum absolute atomic E-state index is 0.713. The van der Waals surface area contributed by atoms with Gasteiger partial charge in [0.25, 0.3) is 0 Å². The molecule has 0 bridgehead atoms. The SMILES string of the molecule is Clc1ccc2c(NCc3ccsc3)ccnc2c1. The Kier molecular flexibility index (Phi) is 3.17. The number of thiophene rings is 1. The molecule has 3 aromatic rings. The second-order valence-corrected chi connectivity index (χ2v) is 5.22. The standard InChI is InChI=1S/C14H11ClN2S/c15-11-1-2-12-13(3-5-16-14(12)7-11)17-8-10-4-6-18-9-10/h1-7,9H,8H2,(H,16,17). The van der Waals surface area contributed by atoms with Gasteiger partial charge in [0.05, 0.1) is 5.52 Å². The number of fused-ring (bicyclic) bond motifs is 1. The number of hydrogen-bond acceptors (Lipinski definition) is 3. The Balaban J connectivity index is 1.92. The van der Waals surface area contributed by atoms with Crippen LogP contribution in [0, 0.1) is 0 Å². The smallest absolute Gasteiger partial charge is 0.0737 e. The monoisotopic (exact) mass is 274 g/mol. The lowest BCUT2D eigenvalue weighted by molar-refractivity contribution is 1.17. The highest BCUT2D eigenvalue weighted by atomic mass is 35.5. The van der Waals surface area contributed by atoms with Crippen molar-refractivity contribution >= 4 is 39.5 Å². The normalized spacial score (nSPS) is 10.7. The maximum absolute atomic E-state index is 5.97. The number of pyridine rings is 1. The van der Waals surface area contributed by atoms with Crippen molar-refractivity contribution in [1.82, 2.24) is 4.98 Å². The summed E-state index contributed by atoms with van der Waals surface area (Å²) in [6.45, 7) is 0.825. The Hall–Kier alpha value is -1.58. The fourth-order valence-electron chi connectivity index (χ4n) is 1.87. The molecule has 0 unspecified atom stereocenters. The summed E-state index contributed by atoms with van der Waals surface area (Å²) >= 11 is 7.68. The molecule has 2 nitrogen and oxygen atoms in total. The molecule has 3 rings (SSSR count). The predicted octanol–water partition coefficient (Wildman–Crippen LogP) is 4.56. The summed E-state index contributed by atoms with van der Waals surface area (Å²) in [5, 5.41) is 9.47. The number of nitrogens with one attached hydrogen (secondary N) is 1. The lowest BCUT2D eigenvalue weighted by Crippen LogP contribution is -1.99. The summed E-state index contributed by atoms with van der Waals surface area (Å²) < 4.78 is 0. The molecule has 0 fully saturated rings. The summed E-state index contributed by atoms with van der Waals surface area (Å²) in [6.07, 6.45) is 1.80. The van der Waals surface area contributed by atoms with Gasteiger partial charge in [0.15, 0.2) is 0 Å². The molecule has 0 radical (unpaired) electrons. The maximum atomic E-state index is 5.97. The number of benzene rings is 1. The lowest BCUT2D eigenvalue weighted by atomic mass is 10.2. The second-order valence-electron chi connectivity index (χ2n) is 4.01. The van der Waals surface area contributed by atoms with Crippen molar-refractivity contribution in [2.45, 2.75) is 6.54 Å². The first-order valence-corrected chi connectivity index (χ1v) is 6.94. The van der Waals surface area contributed by atoms with Crippen LogP contribution >= 0.6 is 22.9 Å². The molecule has 0 spiro atoms. The quantitative estimate of drug-likeness (QED) is 0.757. The fraction of sp³-hybridized carbons (Fsp3) is 0.0714. The Morgan fingerprint density at radius 1 is 1.22 bits per heavy atom. The molecule has 2 aromatic heterocycles. The fourth-order valence-corrected chi connectivity index (χ4v) is 2.70. The van der Waals surface area contributed by atoms with E-state index in [1.807, 2.05) is 24.3 Å². The Bertz CT molecular complexity index is 665. The van der Waals surface area contributed by atoms with E-state index in [1.165, 1.54) is 5.56 Å². The van der Waals surface area contributed by atoms with Crippen LogP contribution in [0.15, 0.2) is 47.3 Å². The van der Waals surface area contributed by atoms with Crippen molar-refractivity contribution in [2.24, 2.45) is 0 Å².